The molecule has 0 aliphatic carbocycles. The van der Waals surface area contributed by atoms with Gasteiger partial charge < -0.3 is 29.9 Å². The van der Waals surface area contributed by atoms with E-state index in [9.17, 15) is 18.9 Å². The Balaban J connectivity index is 2.98. The second kappa shape index (κ2) is 21.5. The zero-order chi connectivity index (χ0) is 38.0. The molecule has 3 N–H and O–H groups in total. The van der Waals surface area contributed by atoms with E-state index in [4.69, 9.17) is 23.0 Å². The fourth-order valence-corrected chi connectivity index (χ4v) is 6.54. The smallest absolute Gasteiger partial charge is 0.445 e. The Morgan fingerprint density at radius 1 is 0.740 bits per heavy atom. The minimum atomic E-state index is -4.18. The van der Waals surface area contributed by atoms with E-state index in [-0.39, 0.29) is 43.0 Å². The van der Waals surface area contributed by atoms with Gasteiger partial charge in [-0.3, -0.25) is 13.8 Å². The van der Waals surface area contributed by atoms with E-state index in [0.717, 1.165) is 25.7 Å². The molecule has 0 radical (unpaired) electrons. The highest BCUT2D eigenvalue weighted by atomic mass is 31.2. The van der Waals surface area contributed by atoms with Crippen molar-refractivity contribution < 1.29 is 42.0 Å². The van der Waals surface area contributed by atoms with Gasteiger partial charge in [0.05, 0.1) is 16.9 Å². The molecule has 13 heteroatoms. The Bertz CT molecular complexity index is 1220. The molecular formula is C37H66N3O9P. The van der Waals surface area contributed by atoms with Crippen LogP contribution in [0.3, 0.4) is 0 Å². The normalized spacial score (nSPS) is 12.9. The molecule has 0 heterocycles. The van der Waals surface area contributed by atoms with Gasteiger partial charge in [0.1, 0.15) is 12.2 Å². The van der Waals surface area contributed by atoms with Gasteiger partial charge in [0.15, 0.2) is 5.75 Å². The largest absolute Gasteiger partial charge is 0.531 e. The van der Waals surface area contributed by atoms with Gasteiger partial charge in [-0.1, -0.05) is 77.7 Å². The average Bonchev–Trinajstić information content (AvgIpc) is 2.95. The summed E-state index contributed by atoms with van der Waals surface area (Å²) in [5, 5.41) is 8.05. The summed E-state index contributed by atoms with van der Waals surface area (Å²) in [5.74, 6) is -0.409. The van der Waals surface area contributed by atoms with Crippen LogP contribution in [0, 0.1) is 5.92 Å². The van der Waals surface area contributed by atoms with Crippen LogP contribution in [-0.4, -0.2) is 48.0 Å². The van der Waals surface area contributed by atoms with Crippen LogP contribution in [0.1, 0.15) is 146 Å². The van der Waals surface area contributed by atoms with Crippen LogP contribution >= 0.6 is 7.82 Å². The topological polar surface area (TPSA) is 151 Å². The monoisotopic (exact) mass is 727 g/mol. The van der Waals surface area contributed by atoms with Crippen molar-refractivity contribution in [3.05, 3.63) is 23.8 Å². The highest BCUT2D eigenvalue weighted by Gasteiger charge is 2.39. The van der Waals surface area contributed by atoms with Gasteiger partial charge in [0, 0.05) is 19.0 Å². The lowest BCUT2D eigenvalue weighted by Crippen LogP contribution is -2.38. The van der Waals surface area contributed by atoms with Gasteiger partial charge in [-0.2, -0.15) is 0 Å². The van der Waals surface area contributed by atoms with Crippen molar-refractivity contribution in [2.24, 2.45) is 5.92 Å². The summed E-state index contributed by atoms with van der Waals surface area (Å²) in [6.07, 6.45) is 10.2. The van der Waals surface area contributed by atoms with Crippen LogP contribution in [0.15, 0.2) is 18.2 Å². The maximum atomic E-state index is 13.9. The van der Waals surface area contributed by atoms with Crippen molar-refractivity contribution in [3.8, 4) is 5.75 Å². The zero-order valence-electron chi connectivity index (χ0n) is 32.6. The fraction of sp³-hybridized carbons (Fsp3) is 0.757. The summed E-state index contributed by atoms with van der Waals surface area (Å²) in [7, 11) is -4.18. The number of anilines is 1. The summed E-state index contributed by atoms with van der Waals surface area (Å²) < 4.78 is 42.0. The molecule has 0 fully saturated rings. The zero-order valence-corrected chi connectivity index (χ0v) is 33.5. The van der Waals surface area contributed by atoms with Crippen LogP contribution in [-0.2, 0) is 34.5 Å². The number of ether oxygens (including phenoxy) is 2. The minimum Gasteiger partial charge on any atom is -0.445 e. The predicted octanol–water partition coefficient (Wildman–Crippen LogP) is 10.1. The van der Waals surface area contributed by atoms with Crippen LogP contribution in [0.2, 0.25) is 0 Å². The summed E-state index contributed by atoms with van der Waals surface area (Å²) in [4.78, 5) is 37.5. The van der Waals surface area contributed by atoms with E-state index in [1.165, 1.54) is 44.6 Å². The quantitative estimate of drug-likeness (QED) is 0.0830. The third kappa shape index (κ3) is 22.1. The average molecular weight is 728 g/mol. The molecule has 0 saturated heterocycles. The SMILES string of the molecule is CCCCCCCCCCCC(C)C(=O)Nc1cc(COC(=O)NCCNC(=O)OC(C)(C)C)ccc1OP(=O)(OC(C)(C)C)OC(C)(C)C. The van der Waals surface area contributed by atoms with Gasteiger partial charge in [-0.25, -0.2) is 14.2 Å². The Hall–Kier alpha value is -2.82. The second-order valence-corrected chi connectivity index (χ2v) is 17.2. The predicted molar refractivity (Wildman–Crippen MR) is 198 cm³/mol. The molecule has 0 aliphatic heterocycles. The lowest BCUT2D eigenvalue weighted by atomic mass is 10.0. The Labute approximate surface area is 301 Å². The third-order valence-electron chi connectivity index (χ3n) is 6.90. The molecule has 1 aromatic carbocycles. The summed E-state index contributed by atoms with van der Waals surface area (Å²) in [5.41, 5.74) is -1.57. The fourth-order valence-electron chi connectivity index (χ4n) is 4.68. The van der Waals surface area contributed by atoms with E-state index in [1.807, 2.05) is 6.92 Å². The number of unbranched alkanes of at least 4 members (excludes halogenated alkanes) is 8. The third-order valence-corrected chi connectivity index (χ3v) is 8.87. The molecule has 1 rings (SSSR count). The minimum absolute atomic E-state index is 0.0897. The maximum Gasteiger partial charge on any atom is 0.531 e. The van der Waals surface area contributed by atoms with Crippen molar-refractivity contribution in [1.29, 1.82) is 0 Å². The van der Waals surface area contributed by atoms with Crippen molar-refractivity contribution in [2.75, 3.05) is 18.4 Å². The number of rotatable bonds is 21. The lowest BCUT2D eigenvalue weighted by Gasteiger charge is -2.31. The molecule has 1 aromatic rings. The number of phosphoric acid groups is 1. The van der Waals surface area contributed by atoms with Gasteiger partial charge >= 0.3 is 20.0 Å². The molecule has 1 unspecified atom stereocenters. The number of hydrogen-bond donors (Lipinski definition) is 3. The molecule has 0 spiro atoms. The first-order valence-corrected chi connectivity index (χ1v) is 19.6. The number of phosphoric ester groups is 1. The number of alkyl carbamates (subject to hydrolysis) is 2. The first-order chi connectivity index (χ1) is 23.1. The van der Waals surface area contributed by atoms with E-state index in [1.54, 1.807) is 74.4 Å². The van der Waals surface area contributed by atoms with E-state index in [0.29, 0.717) is 5.56 Å². The van der Waals surface area contributed by atoms with E-state index in [2.05, 4.69) is 22.9 Å². The van der Waals surface area contributed by atoms with Gasteiger partial charge in [0.25, 0.3) is 0 Å². The van der Waals surface area contributed by atoms with Crippen LogP contribution in [0.25, 0.3) is 0 Å². The highest BCUT2D eigenvalue weighted by molar-refractivity contribution is 7.49. The van der Waals surface area contributed by atoms with Crippen LogP contribution in [0.4, 0.5) is 15.3 Å². The number of amides is 3. The first kappa shape index (κ1) is 45.2. The highest BCUT2D eigenvalue weighted by Crippen LogP contribution is 2.56. The Morgan fingerprint density at radius 3 is 1.78 bits per heavy atom. The molecule has 50 heavy (non-hydrogen) atoms. The second-order valence-electron chi connectivity index (χ2n) is 15.7. The number of carbonyl (C=O) groups excluding carboxylic acids is 3. The van der Waals surface area contributed by atoms with Gasteiger partial charge in [-0.05, 0) is 86.4 Å². The van der Waals surface area contributed by atoms with Crippen molar-refractivity contribution in [2.45, 2.75) is 164 Å². The number of nitrogens with one attached hydrogen (secondary N) is 3. The summed E-state index contributed by atoms with van der Waals surface area (Å²) in [6, 6.07) is 4.77. The standard InChI is InChI=1S/C37H66N3O9P/c1-12-13-14-15-16-17-18-19-20-21-28(2)32(41)40-30-26-29(27-45-33(42)38-24-25-39-34(43)46-35(3,4)5)22-23-31(30)47-50(44,48-36(6,7)8)49-37(9,10)11/h22-23,26,28H,12-21,24-25,27H2,1-11H3,(H,38,42)(H,39,43)(H,40,41). The van der Waals surface area contributed by atoms with Gasteiger partial charge in [0.2, 0.25) is 5.91 Å². The van der Waals surface area contributed by atoms with E-state index < -0.39 is 36.8 Å². The molecule has 12 nitrogen and oxygen atoms in total. The number of carbonyl (C=O) groups is 3. The molecule has 0 saturated carbocycles. The molecule has 0 bridgehead atoms. The van der Waals surface area contributed by atoms with E-state index >= 15 is 0 Å². The molecule has 0 aromatic heterocycles. The first-order valence-electron chi connectivity index (χ1n) is 18.1. The van der Waals surface area contributed by atoms with Crippen molar-refractivity contribution in [1.82, 2.24) is 10.6 Å². The molecular weight excluding hydrogens is 661 g/mol. The van der Waals surface area contributed by atoms with Crippen molar-refractivity contribution in [3.63, 3.8) is 0 Å². The lowest BCUT2D eigenvalue weighted by molar-refractivity contribution is -0.119. The molecule has 3 amide bonds. The Morgan fingerprint density at radius 2 is 1.26 bits per heavy atom. The van der Waals surface area contributed by atoms with Crippen LogP contribution in [0.5, 0.6) is 5.75 Å². The Kier molecular flexibility index (Phi) is 19.5. The number of hydrogen-bond acceptors (Lipinski definition) is 9. The van der Waals surface area contributed by atoms with Crippen LogP contribution < -0.4 is 20.5 Å². The molecule has 288 valence electrons. The summed E-state index contributed by atoms with van der Waals surface area (Å²) in [6.45, 7) is 20.0. The maximum absolute atomic E-state index is 13.9. The molecule has 1 atom stereocenters. The molecule has 0 aliphatic rings. The number of benzene rings is 1. The summed E-state index contributed by atoms with van der Waals surface area (Å²) >= 11 is 0. The van der Waals surface area contributed by atoms with Gasteiger partial charge in [-0.15, -0.1) is 0 Å². The van der Waals surface area contributed by atoms with Crippen molar-refractivity contribution >= 4 is 31.6 Å².